The van der Waals surface area contributed by atoms with Crippen molar-refractivity contribution < 1.29 is 14.3 Å². The van der Waals surface area contributed by atoms with Crippen LogP contribution in [0.3, 0.4) is 0 Å². The lowest BCUT2D eigenvalue weighted by Gasteiger charge is -2.19. The van der Waals surface area contributed by atoms with Crippen molar-refractivity contribution in [1.82, 2.24) is 10.6 Å². The molecule has 0 fully saturated rings. The fourth-order valence-corrected chi connectivity index (χ4v) is 2.57. The maximum atomic E-state index is 11.6. The number of nitrogens with one attached hydrogen (secondary N) is 2. The fraction of sp³-hybridized carbons (Fsp3) is 0.467. The molecular weight excluding hydrogens is 256 g/mol. The highest BCUT2D eigenvalue weighted by molar-refractivity contribution is 5.83. The molecule has 0 heterocycles. The van der Waals surface area contributed by atoms with E-state index in [0.29, 0.717) is 12.6 Å². The molecule has 5 heteroatoms. The SMILES string of the molecule is COC(=O)C(CNC1Cc2ccccc2C1)NC(C)=O. The van der Waals surface area contributed by atoms with Crippen LogP contribution in [-0.4, -0.2) is 37.6 Å². The van der Waals surface area contributed by atoms with Crippen LogP contribution in [0.1, 0.15) is 18.1 Å². The first kappa shape index (κ1) is 14.5. The van der Waals surface area contributed by atoms with Gasteiger partial charge in [-0.05, 0) is 24.0 Å². The Hall–Kier alpha value is -1.88. The van der Waals surface area contributed by atoms with Crippen molar-refractivity contribution in [2.75, 3.05) is 13.7 Å². The number of carbonyl (C=O) groups excluding carboxylic acids is 2. The topological polar surface area (TPSA) is 67.4 Å². The summed E-state index contributed by atoms with van der Waals surface area (Å²) in [6, 6.07) is 7.99. The van der Waals surface area contributed by atoms with Gasteiger partial charge in [-0.1, -0.05) is 24.3 Å². The summed E-state index contributed by atoms with van der Waals surface area (Å²) < 4.78 is 4.70. The first-order valence-electron chi connectivity index (χ1n) is 6.75. The van der Waals surface area contributed by atoms with Crippen molar-refractivity contribution in [2.24, 2.45) is 0 Å². The normalized spacial score (nSPS) is 15.5. The number of amides is 1. The van der Waals surface area contributed by atoms with E-state index in [4.69, 9.17) is 4.74 Å². The second-order valence-corrected chi connectivity index (χ2v) is 5.06. The molecule has 20 heavy (non-hydrogen) atoms. The highest BCUT2D eigenvalue weighted by atomic mass is 16.5. The Labute approximate surface area is 118 Å². The van der Waals surface area contributed by atoms with Gasteiger partial charge < -0.3 is 15.4 Å². The van der Waals surface area contributed by atoms with E-state index < -0.39 is 12.0 Å². The maximum absolute atomic E-state index is 11.6. The lowest BCUT2D eigenvalue weighted by Crippen LogP contribution is -2.49. The summed E-state index contributed by atoms with van der Waals surface area (Å²) in [5, 5.41) is 5.93. The van der Waals surface area contributed by atoms with Gasteiger partial charge in [0.1, 0.15) is 6.04 Å². The molecule has 1 amide bonds. The first-order chi connectivity index (χ1) is 9.60. The second-order valence-electron chi connectivity index (χ2n) is 5.06. The van der Waals surface area contributed by atoms with E-state index in [1.807, 2.05) is 12.1 Å². The summed E-state index contributed by atoms with van der Waals surface area (Å²) in [6.45, 7) is 1.77. The smallest absolute Gasteiger partial charge is 0.329 e. The molecule has 0 saturated heterocycles. The van der Waals surface area contributed by atoms with E-state index in [-0.39, 0.29) is 5.91 Å². The Kier molecular flexibility index (Phi) is 4.74. The fourth-order valence-electron chi connectivity index (χ4n) is 2.57. The van der Waals surface area contributed by atoms with Crippen LogP contribution >= 0.6 is 0 Å². The summed E-state index contributed by atoms with van der Waals surface area (Å²) >= 11 is 0. The zero-order valence-corrected chi connectivity index (χ0v) is 11.8. The molecule has 1 aliphatic rings. The first-order valence-corrected chi connectivity index (χ1v) is 6.75. The molecule has 2 rings (SSSR count). The van der Waals surface area contributed by atoms with Gasteiger partial charge in [0.25, 0.3) is 0 Å². The van der Waals surface area contributed by atoms with Crippen LogP contribution in [0.4, 0.5) is 0 Å². The van der Waals surface area contributed by atoms with Crippen molar-refractivity contribution >= 4 is 11.9 Å². The number of fused-ring (bicyclic) bond motifs is 1. The van der Waals surface area contributed by atoms with Gasteiger partial charge in [-0.2, -0.15) is 0 Å². The predicted octanol–water partition coefficient (Wildman–Crippen LogP) is 0.421. The number of benzene rings is 1. The minimum absolute atomic E-state index is 0.239. The van der Waals surface area contributed by atoms with Crippen molar-refractivity contribution in [1.29, 1.82) is 0 Å². The Bertz CT molecular complexity index is 477. The molecule has 1 unspecified atom stereocenters. The average molecular weight is 276 g/mol. The largest absolute Gasteiger partial charge is 0.467 e. The molecule has 0 radical (unpaired) electrons. The van der Waals surface area contributed by atoms with Gasteiger partial charge >= 0.3 is 5.97 Å². The molecule has 1 aromatic rings. The molecule has 0 bridgehead atoms. The minimum atomic E-state index is -0.638. The van der Waals surface area contributed by atoms with Crippen LogP contribution in [0.5, 0.6) is 0 Å². The third kappa shape index (κ3) is 3.57. The van der Waals surface area contributed by atoms with Crippen LogP contribution in [-0.2, 0) is 27.2 Å². The molecule has 0 saturated carbocycles. The monoisotopic (exact) mass is 276 g/mol. The van der Waals surface area contributed by atoms with Gasteiger partial charge in [0, 0.05) is 19.5 Å². The Morgan fingerprint density at radius 3 is 2.40 bits per heavy atom. The van der Waals surface area contributed by atoms with Crippen LogP contribution in [0, 0.1) is 0 Å². The molecule has 5 nitrogen and oxygen atoms in total. The minimum Gasteiger partial charge on any atom is -0.467 e. The summed E-state index contributed by atoms with van der Waals surface area (Å²) in [4.78, 5) is 22.7. The number of ether oxygens (including phenoxy) is 1. The molecule has 1 aliphatic carbocycles. The number of esters is 1. The van der Waals surface area contributed by atoms with Crippen LogP contribution in [0.2, 0.25) is 0 Å². The zero-order valence-electron chi connectivity index (χ0n) is 11.8. The van der Waals surface area contributed by atoms with Gasteiger partial charge in [-0.15, -0.1) is 0 Å². The highest BCUT2D eigenvalue weighted by Crippen LogP contribution is 2.21. The summed E-state index contributed by atoms with van der Waals surface area (Å²) in [7, 11) is 1.32. The third-order valence-corrected chi connectivity index (χ3v) is 3.52. The van der Waals surface area contributed by atoms with Crippen molar-refractivity contribution in [3.8, 4) is 0 Å². The highest BCUT2D eigenvalue weighted by Gasteiger charge is 2.24. The molecule has 1 atom stereocenters. The molecule has 0 spiro atoms. The van der Waals surface area contributed by atoms with Gasteiger partial charge in [-0.25, -0.2) is 4.79 Å². The molecule has 0 aromatic heterocycles. The Balaban J connectivity index is 1.88. The standard InChI is InChI=1S/C15H20N2O3/c1-10(18)17-14(15(19)20-2)9-16-13-7-11-5-3-4-6-12(11)8-13/h3-6,13-14,16H,7-9H2,1-2H3,(H,17,18). The number of rotatable bonds is 5. The quantitative estimate of drug-likeness (QED) is 0.765. The number of methoxy groups -OCH3 is 1. The number of hydrogen-bond donors (Lipinski definition) is 2. The molecule has 1 aromatic carbocycles. The molecule has 2 N–H and O–H groups in total. The van der Waals surface area contributed by atoms with E-state index in [2.05, 4.69) is 22.8 Å². The maximum Gasteiger partial charge on any atom is 0.329 e. The van der Waals surface area contributed by atoms with Gasteiger partial charge in [0.05, 0.1) is 7.11 Å². The lowest BCUT2D eigenvalue weighted by molar-refractivity contribution is -0.144. The lowest BCUT2D eigenvalue weighted by atomic mass is 10.1. The summed E-state index contributed by atoms with van der Waals surface area (Å²) in [6.07, 6.45) is 1.90. The van der Waals surface area contributed by atoms with Crippen molar-refractivity contribution in [2.45, 2.75) is 31.8 Å². The summed E-state index contributed by atoms with van der Waals surface area (Å²) in [5.74, 6) is -0.667. The van der Waals surface area contributed by atoms with Crippen molar-refractivity contribution in [3.63, 3.8) is 0 Å². The zero-order chi connectivity index (χ0) is 14.5. The summed E-state index contributed by atoms with van der Waals surface area (Å²) in [5.41, 5.74) is 2.69. The average Bonchev–Trinajstić information content (AvgIpc) is 2.84. The predicted molar refractivity (Wildman–Crippen MR) is 75.3 cm³/mol. The van der Waals surface area contributed by atoms with E-state index in [9.17, 15) is 9.59 Å². The molecule has 108 valence electrons. The van der Waals surface area contributed by atoms with Crippen LogP contribution in [0.15, 0.2) is 24.3 Å². The van der Waals surface area contributed by atoms with E-state index in [0.717, 1.165) is 12.8 Å². The van der Waals surface area contributed by atoms with Crippen LogP contribution in [0.25, 0.3) is 0 Å². The van der Waals surface area contributed by atoms with E-state index in [1.165, 1.54) is 25.2 Å². The number of hydrogen-bond acceptors (Lipinski definition) is 4. The van der Waals surface area contributed by atoms with E-state index in [1.54, 1.807) is 0 Å². The van der Waals surface area contributed by atoms with E-state index >= 15 is 0 Å². The van der Waals surface area contributed by atoms with Crippen LogP contribution < -0.4 is 10.6 Å². The third-order valence-electron chi connectivity index (χ3n) is 3.52. The Morgan fingerprint density at radius 1 is 1.30 bits per heavy atom. The van der Waals surface area contributed by atoms with Gasteiger partial charge in [0.15, 0.2) is 0 Å². The number of carbonyl (C=O) groups is 2. The van der Waals surface area contributed by atoms with Crippen molar-refractivity contribution in [3.05, 3.63) is 35.4 Å². The van der Waals surface area contributed by atoms with Gasteiger partial charge in [0.2, 0.25) is 5.91 Å². The molecular formula is C15H20N2O3. The Morgan fingerprint density at radius 2 is 1.90 bits per heavy atom. The molecule has 0 aliphatic heterocycles. The van der Waals surface area contributed by atoms with Gasteiger partial charge in [-0.3, -0.25) is 4.79 Å². The second kappa shape index (κ2) is 6.52.